The highest BCUT2D eigenvalue weighted by Gasteiger charge is 2.12. The molecule has 4 heteroatoms. The fraction of sp³-hybridized carbons (Fsp3) is 0.667. The van der Waals surface area contributed by atoms with Gasteiger partial charge in [-0.25, -0.2) is 0 Å². The van der Waals surface area contributed by atoms with Crippen LogP contribution >= 0.6 is 0 Å². The van der Waals surface area contributed by atoms with E-state index in [4.69, 9.17) is 11.5 Å². The lowest BCUT2D eigenvalue weighted by Gasteiger charge is -2.26. The van der Waals surface area contributed by atoms with E-state index in [1.165, 1.54) is 0 Å². The highest BCUT2D eigenvalue weighted by Crippen LogP contribution is 2.00. The first kappa shape index (κ1) is 15.2. The van der Waals surface area contributed by atoms with Crippen LogP contribution in [0.25, 0.3) is 0 Å². The molecule has 0 atom stereocenters. The fourth-order valence-corrected chi connectivity index (χ4v) is 0.984. The van der Waals surface area contributed by atoms with Gasteiger partial charge in [0.05, 0.1) is 27.1 Å². The molecule has 0 spiro atoms. The van der Waals surface area contributed by atoms with Gasteiger partial charge in [0.2, 0.25) is 0 Å². The molecule has 0 fully saturated rings. The summed E-state index contributed by atoms with van der Waals surface area (Å²) in [7, 11) is 4.00. The second-order valence-electron chi connectivity index (χ2n) is 3.52. The van der Waals surface area contributed by atoms with Crippen molar-refractivity contribution in [3.05, 3.63) is 0 Å². The first-order chi connectivity index (χ1) is 5.48. The van der Waals surface area contributed by atoms with E-state index in [2.05, 4.69) is 5.92 Å². The van der Waals surface area contributed by atoms with Crippen LogP contribution in [0.4, 0.5) is 0 Å². The third-order valence-corrected chi connectivity index (χ3v) is 1.67. The number of carboxylic acids is 1. The van der Waals surface area contributed by atoms with Crippen LogP contribution < -0.4 is 24.0 Å². The standard InChI is InChI=1S/C9H15NO2.HI/c1-4-7-10(2,3)8-5-6-9(11)12;/h1H,5-8H2,2-3H3;1H. The van der Waals surface area contributed by atoms with Crippen LogP contribution in [0.5, 0.6) is 0 Å². The van der Waals surface area contributed by atoms with Crippen LogP contribution in [0.15, 0.2) is 0 Å². The quantitative estimate of drug-likeness (QED) is 0.348. The Balaban J connectivity index is 0. The molecule has 0 aliphatic heterocycles. The van der Waals surface area contributed by atoms with E-state index in [-0.39, 0.29) is 30.4 Å². The zero-order valence-electron chi connectivity index (χ0n) is 8.09. The van der Waals surface area contributed by atoms with Crippen LogP contribution in [0, 0.1) is 12.3 Å². The predicted octanol–water partition coefficient (Wildman–Crippen LogP) is -2.44. The van der Waals surface area contributed by atoms with Crippen LogP contribution in [0.3, 0.4) is 0 Å². The maximum Gasteiger partial charge on any atom is 0.303 e. The average Bonchev–Trinajstić information content (AvgIpc) is 1.85. The van der Waals surface area contributed by atoms with Crippen molar-refractivity contribution in [3.8, 4) is 12.3 Å². The number of halogens is 1. The lowest BCUT2D eigenvalue weighted by atomic mass is 10.3. The maximum atomic E-state index is 10.2. The van der Waals surface area contributed by atoms with E-state index in [0.717, 1.165) is 6.54 Å². The normalized spacial score (nSPS) is 9.92. The Labute approximate surface area is 96.7 Å². The lowest BCUT2D eigenvalue weighted by Crippen LogP contribution is -3.00. The van der Waals surface area contributed by atoms with Crippen molar-refractivity contribution in [2.24, 2.45) is 0 Å². The Morgan fingerprint density at radius 1 is 1.54 bits per heavy atom. The molecule has 1 N–H and O–H groups in total. The van der Waals surface area contributed by atoms with Gasteiger partial charge in [0.15, 0.2) is 0 Å². The third-order valence-electron chi connectivity index (χ3n) is 1.67. The molecule has 0 aromatic carbocycles. The largest absolute Gasteiger partial charge is 1.00 e. The number of quaternary nitrogens is 1. The minimum atomic E-state index is -0.740. The molecule has 0 saturated heterocycles. The molecule has 0 aromatic rings. The molecule has 0 bridgehead atoms. The number of hydrogen-bond acceptors (Lipinski definition) is 1. The van der Waals surface area contributed by atoms with Crippen molar-refractivity contribution in [2.75, 3.05) is 27.2 Å². The monoisotopic (exact) mass is 297 g/mol. The van der Waals surface area contributed by atoms with Gasteiger partial charge in [0.1, 0.15) is 6.54 Å². The van der Waals surface area contributed by atoms with Crippen molar-refractivity contribution in [1.29, 1.82) is 0 Å². The van der Waals surface area contributed by atoms with Crippen LogP contribution in [0.1, 0.15) is 12.8 Å². The second kappa shape index (κ2) is 7.15. The molecule has 0 aliphatic rings. The van der Waals surface area contributed by atoms with Crippen molar-refractivity contribution >= 4 is 5.97 Å². The summed E-state index contributed by atoms with van der Waals surface area (Å²) in [4.78, 5) is 10.2. The molecule has 13 heavy (non-hydrogen) atoms. The molecule has 0 aliphatic carbocycles. The topological polar surface area (TPSA) is 37.3 Å². The van der Waals surface area contributed by atoms with E-state index in [0.29, 0.717) is 17.4 Å². The third kappa shape index (κ3) is 9.64. The first-order valence-corrected chi connectivity index (χ1v) is 3.95. The van der Waals surface area contributed by atoms with Gasteiger partial charge in [-0.05, 0) is 5.92 Å². The van der Waals surface area contributed by atoms with Crippen molar-refractivity contribution in [3.63, 3.8) is 0 Å². The molecule has 0 aromatic heterocycles. The van der Waals surface area contributed by atoms with Crippen LogP contribution in [-0.2, 0) is 4.79 Å². The van der Waals surface area contributed by atoms with E-state index >= 15 is 0 Å². The zero-order chi connectivity index (χ0) is 9.61. The number of rotatable bonds is 5. The molecule has 0 saturated carbocycles. The van der Waals surface area contributed by atoms with Gasteiger partial charge in [-0.3, -0.25) is 4.79 Å². The molecular formula is C9H16INO2. The Morgan fingerprint density at radius 3 is 2.46 bits per heavy atom. The fourth-order valence-electron chi connectivity index (χ4n) is 0.984. The number of aliphatic carboxylic acids is 1. The molecule has 0 heterocycles. The first-order valence-electron chi connectivity index (χ1n) is 3.95. The van der Waals surface area contributed by atoms with E-state index < -0.39 is 5.97 Å². The minimum absolute atomic E-state index is 0. The predicted molar refractivity (Wildman–Crippen MR) is 47.5 cm³/mol. The van der Waals surface area contributed by atoms with Gasteiger partial charge in [-0.2, -0.15) is 0 Å². The van der Waals surface area contributed by atoms with E-state index in [1.54, 1.807) is 0 Å². The van der Waals surface area contributed by atoms with Crippen LogP contribution in [-0.4, -0.2) is 42.7 Å². The van der Waals surface area contributed by atoms with Gasteiger partial charge >= 0.3 is 5.97 Å². The van der Waals surface area contributed by atoms with Gasteiger partial charge in [0, 0.05) is 6.42 Å². The summed E-state index contributed by atoms with van der Waals surface area (Å²) in [5.74, 6) is 1.83. The highest BCUT2D eigenvalue weighted by molar-refractivity contribution is 5.66. The molecule has 0 radical (unpaired) electrons. The highest BCUT2D eigenvalue weighted by atomic mass is 127. The summed E-state index contributed by atoms with van der Waals surface area (Å²) in [6.07, 6.45) is 6.08. The number of nitrogens with zero attached hydrogens (tertiary/aromatic N) is 1. The SMILES string of the molecule is C#CC[N+](C)(C)CCCC(=O)O.[I-]. The van der Waals surface area contributed by atoms with Gasteiger partial charge in [0.25, 0.3) is 0 Å². The number of hydrogen-bond donors (Lipinski definition) is 1. The molecule has 0 rings (SSSR count). The lowest BCUT2D eigenvalue weighted by molar-refractivity contribution is -0.883. The van der Waals surface area contributed by atoms with E-state index in [1.807, 2.05) is 14.1 Å². The minimum Gasteiger partial charge on any atom is -1.00 e. The summed E-state index contributed by atoms with van der Waals surface area (Å²) in [6.45, 7) is 1.47. The summed E-state index contributed by atoms with van der Waals surface area (Å²) in [6, 6.07) is 0. The molecule has 0 unspecified atom stereocenters. The number of carbonyl (C=O) groups is 1. The Hall–Kier alpha value is -0.280. The number of carboxylic acid groups (broad SMARTS) is 1. The zero-order valence-corrected chi connectivity index (χ0v) is 10.2. The van der Waals surface area contributed by atoms with Crippen molar-refractivity contribution in [1.82, 2.24) is 0 Å². The van der Waals surface area contributed by atoms with E-state index in [9.17, 15) is 4.79 Å². The molecule has 76 valence electrons. The summed E-state index contributed by atoms with van der Waals surface area (Å²) in [5, 5.41) is 8.39. The van der Waals surface area contributed by atoms with Gasteiger partial charge < -0.3 is 33.6 Å². The maximum absolute atomic E-state index is 10.2. The smallest absolute Gasteiger partial charge is 0.303 e. The Kier molecular flexibility index (Phi) is 8.37. The van der Waals surface area contributed by atoms with Crippen LogP contribution in [0.2, 0.25) is 0 Å². The Bertz CT molecular complexity index is 196. The molecule has 0 amide bonds. The second-order valence-corrected chi connectivity index (χ2v) is 3.52. The number of terminal acetylenes is 1. The summed E-state index contributed by atoms with van der Waals surface area (Å²) < 4.78 is 0.698. The average molecular weight is 297 g/mol. The van der Waals surface area contributed by atoms with Crippen molar-refractivity contribution < 1.29 is 38.4 Å². The summed E-state index contributed by atoms with van der Waals surface area (Å²) >= 11 is 0. The summed E-state index contributed by atoms with van der Waals surface area (Å²) in [5.41, 5.74) is 0. The molecule has 3 nitrogen and oxygen atoms in total. The van der Waals surface area contributed by atoms with Gasteiger partial charge in [-0.15, -0.1) is 6.42 Å². The Morgan fingerprint density at radius 2 is 2.08 bits per heavy atom. The molecular weight excluding hydrogens is 281 g/mol. The van der Waals surface area contributed by atoms with Crippen molar-refractivity contribution in [2.45, 2.75) is 12.8 Å². The van der Waals surface area contributed by atoms with Gasteiger partial charge in [-0.1, -0.05) is 0 Å².